The van der Waals surface area contributed by atoms with E-state index in [-0.39, 0.29) is 11.9 Å². The number of amides is 1. The van der Waals surface area contributed by atoms with Gasteiger partial charge in [-0.15, -0.1) is 0 Å². The molecule has 0 spiro atoms. The maximum absolute atomic E-state index is 12.7. The first kappa shape index (κ1) is 19.0. The third-order valence-electron chi connectivity index (χ3n) is 5.05. The van der Waals surface area contributed by atoms with E-state index in [0.29, 0.717) is 6.42 Å². The summed E-state index contributed by atoms with van der Waals surface area (Å²) in [5.41, 5.74) is 3.59. The summed E-state index contributed by atoms with van der Waals surface area (Å²) in [6, 6.07) is 20.3. The van der Waals surface area contributed by atoms with E-state index in [9.17, 15) is 4.79 Å². The van der Waals surface area contributed by atoms with Gasteiger partial charge in [-0.05, 0) is 66.8 Å². The number of carbonyl (C=O) groups excluding carboxylic acids is 1. The monoisotopic (exact) mass is 361 g/mol. The Hall–Kier alpha value is -2.81. The van der Waals surface area contributed by atoms with E-state index in [2.05, 4.69) is 43.4 Å². The predicted octanol–water partition coefficient (Wildman–Crippen LogP) is 5.49. The molecule has 3 rings (SSSR count). The largest absolute Gasteiger partial charge is 0.481 e. The van der Waals surface area contributed by atoms with Crippen LogP contribution in [0, 0.1) is 13.8 Å². The Morgan fingerprint density at radius 3 is 2.41 bits per heavy atom. The number of fused-ring (bicyclic) bond motifs is 1. The Labute approximate surface area is 161 Å². The van der Waals surface area contributed by atoms with Crippen LogP contribution in [0.2, 0.25) is 0 Å². The second-order valence-electron chi connectivity index (χ2n) is 7.10. The lowest BCUT2D eigenvalue weighted by Crippen LogP contribution is -2.39. The molecule has 0 aliphatic rings. The van der Waals surface area contributed by atoms with Crippen molar-refractivity contribution in [1.82, 2.24) is 5.32 Å². The number of benzene rings is 3. The quantitative estimate of drug-likeness (QED) is 0.630. The molecule has 0 bridgehead atoms. The van der Waals surface area contributed by atoms with Crippen molar-refractivity contribution in [3.8, 4) is 5.75 Å². The highest BCUT2D eigenvalue weighted by Crippen LogP contribution is 2.23. The van der Waals surface area contributed by atoms with Crippen LogP contribution in [0.25, 0.3) is 10.8 Å². The zero-order valence-electron chi connectivity index (χ0n) is 16.5. The predicted molar refractivity (Wildman–Crippen MR) is 111 cm³/mol. The van der Waals surface area contributed by atoms with Gasteiger partial charge in [-0.2, -0.15) is 0 Å². The topological polar surface area (TPSA) is 38.3 Å². The van der Waals surface area contributed by atoms with E-state index < -0.39 is 6.10 Å². The molecule has 0 saturated carbocycles. The zero-order valence-corrected chi connectivity index (χ0v) is 16.5. The Bertz CT molecular complexity index is 948. The van der Waals surface area contributed by atoms with Crippen LogP contribution in [0.5, 0.6) is 5.75 Å². The van der Waals surface area contributed by atoms with Crippen LogP contribution in [-0.4, -0.2) is 12.0 Å². The van der Waals surface area contributed by atoms with E-state index in [1.165, 1.54) is 11.1 Å². The lowest BCUT2D eigenvalue weighted by atomic mass is 10.0. The summed E-state index contributed by atoms with van der Waals surface area (Å²) in [5, 5.41) is 5.35. The average Bonchev–Trinajstić information content (AvgIpc) is 2.67. The number of rotatable bonds is 6. The minimum Gasteiger partial charge on any atom is -0.481 e. The fourth-order valence-electron chi connectivity index (χ4n) is 3.15. The van der Waals surface area contributed by atoms with Gasteiger partial charge in [0.05, 0.1) is 6.04 Å². The molecule has 1 amide bonds. The maximum atomic E-state index is 12.7. The number of carbonyl (C=O) groups is 1. The van der Waals surface area contributed by atoms with E-state index in [1.807, 2.05) is 50.2 Å². The van der Waals surface area contributed by atoms with Crippen LogP contribution in [0.1, 0.15) is 43.0 Å². The normalized spacial score (nSPS) is 13.2. The Kier molecular flexibility index (Phi) is 5.80. The first-order chi connectivity index (χ1) is 13.0. The third kappa shape index (κ3) is 4.48. The molecule has 0 fully saturated rings. The van der Waals surface area contributed by atoms with Gasteiger partial charge in [0.15, 0.2) is 6.10 Å². The zero-order chi connectivity index (χ0) is 19.4. The first-order valence-electron chi connectivity index (χ1n) is 9.51. The minimum absolute atomic E-state index is 0.0638. The molecular weight excluding hydrogens is 334 g/mol. The summed E-state index contributed by atoms with van der Waals surface area (Å²) in [6.07, 6.45) is 0.0957. The van der Waals surface area contributed by atoms with E-state index in [0.717, 1.165) is 22.1 Å². The van der Waals surface area contributed by atoms with Gasteiger partial charge in [-0.3, -0.25) is 4.79 Å². The van der Waals surface area contributed by atoms with Crippen molar-refractivity contribution < 1.29 is 9.53 Å². The summed E-state index contributed by atoms with van der Waals surface area (Å²) < 4.78 is 6.00. The van der Waals surface area contributed by atoms with Crippen molar-refractivity contribution in [2.75, 3.05) is 0 Å². The third-order valence-corrected chi connectivity index (χ3v) is 5.05. The summed E-state index contributed by atoms with van der Waals surface area (Å²) in [7, 11) is 0. The summed E-state index contributed by atoms with van der Waals surface area (Å²) >= 11 is 0. The molecule has 2 atom stereocenters. The fraction of sp³-hybridized carbons (Fsp3) is 0.292. The van der Waals surface area contributed by atoms with Crippen molar-refractivity contribution in [3.63, 3.8) is 0 Å². The Morgan fingerprint density at radius 1 is 0.963 bits per heavy atom. The molecule has 1 N–H and O–H groups in total. The summed E-state index contributed by atoms with van der Waals surface area (Å²) in [6.45, 7) is 8.15. The molecule has 3 nitrogen and oxygen atoms in total. The number of aryl methyl sites for hydroxylation is 2. The number of hydrogen-bond donors (Lipinski definition) is 1. The number of hydrogen-bond acceptors (Lipinski definition) is 2. The van der Waals surface area contributed by atoms with E-state index in [1.54, 1.807) is 0 Å². The van der Waals surface area contributed by atoms with Gasteiger partial charge >= 0.3 is 0 Å². The van der Waals surface area contributed by atoms with Gasteiger partial charge < -0.3 is 10.1 Å². The van der Waals surface area contributed by atoms with Crippen LogP contribution in [0.4, 0.5) is 0 Å². The molecule has 3 aromatic rings. The maximum Gasteiger partial charge on any atom is 0.261 e. The van der Waals surface area contributed by atoms with Crippen LogP contribution in [0.3, 0.4) is 0 Å². The van der Waals surface area contributed by atoms with Crippen LogP contribution >= 0.6 is 0 Å². The number of ether oxygens (including phenoxy) is 1. The van der Waals surface area contributed by atoms with Crippen molar-refractivity contribution in [1.29, 1.82) is 0 Å². The molecule has 3 aromatic carbocycles. The van der Waals surface area contributed by atoms with Crippen molar-refractivity contribution in [2.24, 2.45) is 0 Å². The lowest BCUT2D eigenvalue weighted by molar-refractivity contribution is -0.128. The standard InChI is InChI=1S/C24H27NO2/c1-5-23(27-22-13-12-19-8-6-7-9-21(19)15-22)24(26)25-18(4)20-11-10-16(2)17(3)14-20/h6-15,18,23H,5H2,1-4H3,(H,25,26)/t18-,23-/m1/s1. The van der Waals surface area contributed by atoms with Crippen LogP contribution in [0.15, 0.2) is 60.7 Å². The minimum atomic E-state index is -0.514. The van der Waals surface area contributed by atoms with Crippen molar-refractivity contribution in [3.05, 3.63) is 77.4 Å². The highest BCUT2D eigenvalue weighted by Gasteiger charge is 2.21. The van der Waals surface area contributed by atoms with E-state index in [4.69, 9.17) is 4.74 Å². The second-order valence-corrected chi connectivity index (χ2v) is 7.10. The smallest absolute Gasteiger partial charge is 0.261 e. The Balaban J connectivity index is 1.70. The van der Waals surface area contributed by atoms with Gasteiger partial charge in [0, 0.05) is 0 Å². The molecule has 0 aliphatic heterocycles. The highest BCUT2D eigenvalue weighted by molar-refractivity contribution is 5.84. The molecule has 0 heterocycles. The highest BCUT2D eigenvalue weighted by atomic mass is 16.5. The molecule has 3 heteroatoms. The molecule has 0 aliphatic carbocycles. The van der Waals surface area contributed by atoms with Gasteiger partial charge in [-0.1, -0.05) is 55.5 Å². The average molecular weight is 361 g/mol. The SMILES string of the molecule is CC[C@@H](Oc1ccc2ccccc2c1)C(=O)N[C@H](C)c1ccc(C)c(C)c1. The van der Waals surface area contributed by atoms with Crippen molar-refractivity contribution >= 4 is 16.7 Å². The molecular formula is C24H27NO2. The number of nitrogens with one attached hydrogen (secondary N) is 1. The van der Waals surface area contributed by atoms with Gasteiger partial charge in [0.1, 0.15) is 5.75 Å². The molecule has 0 aromatic heterocycles. The second kappa shape index (κ2) is 8.26. The van der Waals surface area contributed by atoms with Crippen LogP contribution < -0.4 is 10.1 Å². The summed E-state index contributed by atoms with van der Waals surface area (Å²) in [5.74, 6) is 0.630. The first-order valence-corrected chi connectivity index (χ1v) is 9.51. The van der Waals surface area contributed by atoms with Gasteiger partial charge in [0.25, 0.3) is 5.91 Å². The molecule has 0 radical (unpaired) electrons. The van der Waals surface area contributed by atoms with Gasteiger partial charge in [0.2, 0.25) is 0 Å². The molecule has 0 unspecified atom stereocenters. The molecule has 140 valence electrons. The van der Waals surface area contributed by atoms with Gasteiger partial charge in [-0.25, -0.2) is 0 Å². The Morgan fingerprint density at radius 2 is 1.70 bits per heavy atom. The van der Waals surface area contributed by atoms with Crippen molar-refractivity contribution in [2.45, 2.75) is 46.3 Å². The molecule has 27 heavy (non-hydrogen) atoms. The van der Waals surface area contributed by atoms with E-state index >= 15 is 0 Å². The fourth-order valence-corrected chi connectivity index (χ4v) is 3.15. The van der Waals surface area contributed by atoms with Crippen LogP contribution in [-0.2, 0) is 4.79 Å². The lowest BCUT2D eigenvalue weighted by Gasteiger charge is -2.21. The summed E-state index contributed by atoms with van der Waals surface area (Å²) in [4.78, 5) is 12.7. The molecule has 0 saturated heterocycles.